The molecule has 0 radical (unpaired) electrons. The van der Waals surface area contributed by atoms with Gasteiger partial charge in [0.1, 0.15) is 4.83 Å². The highest BCUT2D eigenvalue weighted by molar-refractivity contribution is 9.10. The van der Waals surface area contributed by atoms with Crippen molar-refractivity contribution in [3.63, 3.8) is 0 Å². The number of Topliss-reactive ketones (excluding diaryl/α,β-unsaturated/α-hetero) is 1. The number of rotatable bonds is 3. The molecule has 7 heteroatoms. The molecule has 1 aliphatic heterocycles. The molecule has 1 aromatic rings. The minimum absolute atomic E-state index is 0.00455. The fraction of sp³-hybridized carbons (Fsp3) is 0.250. The zero-order chi connectivity index (χ0) is 14.2. The highest BCUT2D eigenvalue weighted by atomic mass is 79.9. The Morgan fingerprint density at radius 3 is 2.79 bits per heavy atom. The number of carbonyl (C=O) groups is 3. The summed E-state index contributed by atoms with van der Waals surface area (Å²) in [4.78, 5) is 35.5. The van der Waals surface area contributed by atoms with Gasteiger partial charge in [0.15, 0.2) is 0 Å². The maximum Gasteiger partial charge on any atom is 0.321 e. The van der Waals surface area contributed by atoms with Gasteiger partial charge in [-0.15, -0.1) is 0 Å². The van der Waals surface area contributed by atoms with Crippen LogP contribution in [0.5, 0.6) is 0 Å². The SMILES string of the molecule is COC(=O)C(Br)CN1C(=O)C(=O)c2ccc(Cl)cc21. The van der Waals surface area contributed by atoms with Gasteiger partial charge in [-0.1, -0.05) is 27.5 Å². The van der Waals surface area contributed by atoms with Crippen LogP contribution in [0.1, 0.15) is 10.4 Å². The number of hydrogen-bond acceptors (Lipinski definition) is 4. The summed E-state index contributed by atoms with van der Waals surface area (Å²) < 4.78 is 4.56. The highest BCUT2D eigenvalue weighted by Gasteiger charge is 2.37. The number of esters is 1. The number of alkyl halides is 1. The van der Waals surface area contributed by atoms with E-state index in [0.717, 1.165) is 0 Å². The van der Waals surface area contributed by atoms with Crippen molar-refractivity contribution in [2.24, 2.45) is 0 Å². The van der Waals surface area contributed by atoms with Gasteiger partial charge in [-0.05, 0) is 18.2 Å². The molecule has 0 aromatic heterocycles. The molecule has 0 saturated heterocycles. The van der Waals surface area contributed by atoms with E-state index >= 15 is 0 Å². The van der Waals surface area contributed by atoms with Gasteiger partial charge in [0.05, 0.1) is 18.4 Å². The number of benzene rings is 1. The Balaban J connectivity index is 2.33. The third kappa shape index (κ3) is 2.50. The quantitative estimate of drug-likeness (QED) is 0.476. The van der Waals surface area contributed by atoms with Crippen molar-refractivity contribution in [3.8, 4) is 0 Å². The van der Waals surface area contributed by atoms with E-state index < -0.39 is 22.5 Å². The van der Waals surface area contributed by atoms with Gasteiger partial charge in [0, 0.05) is 11.6 Å². The Kier molecular flexibility index (Phi) is 3.91. The topological polar surface area (TPSA) is 63.7 Å². The van der Waals surface area contributed by atoms with Crippen molar-refractivity contribution in [1.82, 2.24) is 0 Å². The van der Waals surface area contributed by atoms with E-state index in [1.54, 1.807) is 6.07 Å². The van der Waals surface area contributed by atoms with Crippen LogP contribution in [0.3, 0.4) is 0 Å². The lowest BCUT2D eigenvalue weighted by molar-refractivity contribution is -0.139. The molecule has 2 rings (SSSR count). The summed E-state index contributed by atoms with van der Waals surface area (Å²) in [5.74, 6) is -1.79. The third-order valence-electron chi connectivity index (χ3n) is 2.73. The van der Waals surface area contributed by atoms with Crippen LogP contribution in [0.4, 0.5) is 5.69 Å². The maximum atomic E-state index is 11.9. The number of nitrogens with zero attached hydrogens (tertiary/aromatic N) is 1. The van der Waals surface area contributed by atoms with Gasteiger partial charge in [-0.25, -0.2) is 0 Å². The number of amides is 1. The Hall–Kier alpha value is -1.40. The second kappa shape index (κ2) is 5.30. The fourth-order valence-corrected chi connectivity index (χ4v) is 2.45. The van der Waals surface area contributed by atoms with Crippen LogP contribution in [0, 0.1) is 0 Å². The number of ketones is 1. The molecule has 1 atom stereocenters. The minimum Gasteiger partial charge on any atom is -0.468 e. The smallest absolute Gasteiger partial charge is 0.321 e. The van der Waals surface area contributed by atoms with Gasteiger partial charge in [0.25, 0.3) is 11.7 Å². The van der Waals surface area contributed by atoms with Crippen molar-refractivity contribution in [3.05, 3.63) is 28.8 Å². The number of hydrogen-bond donors (Lipinski definition) is 0. The van der Waals surface area contributed by atoms with E-state index in [4.69, 9.17) is 11.6 Å². The Morgan fingerprint density at radius 1 is 1.47 bits per heavy atom. The van der Waals surface area contributed by atoms with Crippen molar-refractivity contribution in [2.45, 2.75) is 4.83 Å². The molecular formula is C12H9BrClNO4. The molecule has 1 unspecified atom stereocenters. The summed E-state index contributed by atoms with van der Waals surface area (Å²) in [5.41, 5.74) is 0.704. The number of anilines is 1. The number of halogens is 2. The summed E-state index contributed by atoms with van der Waals surface area (Å²) in [6.07, 6.45) is 0. The van der Waals surface area contributed by atoms with Crippen LogP contribution >= 0.6 is 27.5 Å². The summed E-state index contributed by atoms with van der Waals surface area (Å²) in [6.45, 7) is 0.00455. The number of ether oxygens (including phenoxy) is 1. The van der Waals surface area contributed by atoms with Gasteiger partial charge >= 0.3 is 5.97 Å². The van der Waals surface area contributed by atoms with Crippen molar-refractivity contribution in [2.75, 3.05) is 18.6 Å². The third-order valence-corrected chi connectivity index (χ3v) is 3.63. The van der Waals surface area contributed by atoms with E-state index in [0.29, 0.717) is 16.3 Å². The van der Waals surface area contributed by atoms with Crippen LogP contribution in [0.15, 0.2) is 18.2 Å². The summed E-state index contributed by atoms with van der Waals surface area (Å²) in [6, 6.07) is 4.57. The molecule has 1 aliphatic rings. The Bertz CT molecular complexity index is 575. The molecule has 0 bridgehead atoms. The van der Waals surface area contributed by atoms with Crippen LogP contribution in [-0.4, -0.2) is 36.1 Å². The largest absolute Gasteiger partial charge is 0.468 e. The summed E-state index contributed by atoms with van der Waals surface area (Å²) in [7, 11) is 1.25. The first-order valence-corrected chi connectivity index (χ1v) is 6.62. The number of methoxy groups -OCH3 is 1. The first-order chi connectivity index (χ1) is 8.95. The molecule has 0 N–H and O–H groups in total. The predicted molar refractivity (Wildman–Crippen MR) is 72.9 cm³/mol. The minimum atomic E-state index is -0.709. The monoisotopic (exact) mass is 345 g/mol. The second-order valence-electron chi connectivity index (χ2n) is 3.90. The van der Waals surface area contributed by atoms with Crippen molar-refractivity contribution < 1.29 is 19.1 Å². The molecule has 0 aliphatic carbocycles. The first-order valence-electron chi connectivity index (χ1n) is 5.33. The highest BCUT2D eigenvalue weighted by Crippen LogP contribution is 2.32. The molecule has 1 amide bonds. The number of fused-ring (bicyclic) bond motifs is 1. The summed E-state index contributed by atoms with van der Waals surface area (Å²) >= 11 is 8.98. The fourth-order valence-electron chi connectivity index (χ4n) is 1.81. The molecule has 0 spiro atoms. The van der Waals surface area contributed by atoms with Crippen molar-refractivity contribution >= 4 is 50.9 Å². The lowest BCUT2D eigenvalue weighted by Gasteiger charge is -2.18. The molecule has 0 fully saturated rings. The molecule has 1 aromatic carbocycles. The standard InChI is InChI=1S/C12H9BrClNO4/c1-19-12(18)8(13)5-15-9-4-6(14)2-3-7(9)10(16)11(15)17/h2-4,8H,5H2,1H3. The predicted octanol–water partition coefficient (Wildman–Crippen LogP) is 1.81. The van der Waals surface area contributed by atoms with Crippen molar-refractivity contribution in [1.29, 1.82) is 0 Å². The van der Waals surface area contributed by atoms with Gasteiger partial charge < -0.3 is 9.64 Å². The average molecular weight is 347 g/mol. The molecular weight excluding hydrogens is 337 g/mol. The van der Waals surface area contributed by atoms with Crippen LogP contribution in [0.25, 0.3) is 0 Å². The first kappa shape index (κ1) is 14.0. The maximum absolute atomic E-state index is 11.9. The van der Waals surface area contributed by atoms with E-state index in [1.165, 1.54) is 24.1 Å². The molecule has 100 valence electrons. The van der Waals surface area contributed by atoms with E-state index in [9.17, 15) is 14.4 Å². The lowest BCUT2D eigenvalue weighted by atomic mass is 10.1. The van der Waals surface area contributed by atoms with Gasteiger partial charge in [-0.2, -0.15) is 0 Å². The molecule has 19 heavy (non-hydrogen) atoms. The Labute approximate surface area is 122 Å². The zero-order valence-corrected chi connectivity index (χ0v) is 12.2. The van der Waals surface area contributed by atoms with E-state index in [-0.39, 0.29) is 6.54 Å². The molecule has 5 nitrogen and oxygen atoms in total. The van der Waals surface area contributed by atoms with Crippen LogP contribution in [0.2, 0.25) is 5.02 Å². The number of carbonyl (C=O) groups excluding carboxylic acids is 3. The average Bonchev–Trinajstić information content (AvgIpc) is 2.62. The Morgan fingerprint density at radius 2 is 2.16 bits per heavy atom. The molecule has 1 heterocycles. The van der Waals surface area contributed by atoms with Gasteiger partial charge in [-0.3, -0.25) is 14.4 Å². The van der Waals surface area contributed by atoms with Crippen LogP contribution < -0.4 is 4.90 Å². The second-order valence-corrected chi connectivity index (χ2v) is 5.44. The molecule has 0 saturated carbocycles. The summed E-state index contributed by atoms with van der Waals surface area (Å²) in [5, 5.41) is 0.412. The van der Waals surface area contributed by atoms with Crippen LogP contribution in [-0.2, 0) is 14.3 Å². The normalized spacial score (nSPS) is 15.4. The van der Waals surface area contributed by atoms with E-state index in [2.05, 4.69) is 20.7 Å². The zero-order valence-electron chi connectivity index (χ0n) is 9.85. The van der Waals surface area contributed by atoms with Gasteiger partial charge in [0.2, 0.25) is 0 Å². The lowest BCUT2D eigenvalue weighted by Crippen LogP contribution is -2.37. The van der Waals surface area contributed by atoms with E-state index in [1.807, 2.05) is 0 Å².